The smallest absolute Gasteiger partial charge is 0.161 e. The molecule has 0 atom stereocenters. The van der Waals surface area contributed by atoms with Crippen LogP contribution in [0.25, 0.3) is 12.2 Å². The minimum Gasteiger partial charge on any atom is -0.508 e. The number of ether oxygens (including phenoxy) is 2. The quantitative estimate of drug-likeness (QED) is 0.827. The lowest BCUT2D eigenvalue weighted by molar-refractivity contribution is 0.355. The van der Waals surface area contributed by atoms with Gasteiger partial charge in [-0.3, -0.25) is 0 Å². The molecule has 0 fully saturated rings. The molecule has 0 aromatic heterocycles. The standard InChI is InChI=1S/C19H23NO3/c1-20(2)13-16-11-14(7-9-17(16)21)5-6-15-8-10-18(22-3)19(12-15)23-4/h5-12,21H,13H2,1-4H3. The van der Waals surface area contributed by atoms with Gasteiger partial charge in [0.05, 0.1) is 14.2 Å². The zero-order valence-electron chi connectivity index (χ0n) is 14.0. The van der Waals surface area contributed by atoms with Crippen LogP contribution >= 0.6 is 0 Å². The van der Waals surface area contributed by atoms with Gasteiger partial charge in [-0.2, -0.15) is 0 Å². The molecule has 1 N–H and O–H groups in total. The highest BCUT2D eigenvalue weighted by atomic mass is 16.5. The van der Waals surface area contributed by atoms with Crippen molar-refractivity contribution in [1.82, 2.24) is 4.90 Å². The summed E-state index contributed by atoms with van der Waals surface area (Å²) < 4.78 is 10.5. The van der Waals surface area contributed by atoms with E-state index < -0.39 is 0 Å². The normalized spacial score (nSPS) is 11.2. The molecule has 2 aromatic rings. The van der Waals surface area contributed by atoms with E-state index in [4.69, 9.17) is 9.47 Å². The van der Waals surface area contributed by atoms with Crippen molar-refractivity contribution in [2.75, 3.05) is 28.3 Å². The molecule has 0 amide bonds. The topological polar surface area (TPSA) is 41.9 Å². The first-order valence-electron chi connectivity index (χ1n) is 7.40. The molecule has 4 heteroatoms. The van der Waals surface area contributed by atoms with Gasteiger partial charge in [0.2, 0.25) is 0 Å². The number of phenolic OH excluding ortho intramolecular Hbond substituents is 1. The Bertz CT molecular complexity index is 693. The highest BCUT2D eigenvalue weighted by molar-refractivity contribution is 5.71. The van der Waals surface area contributed by atoms with Crippen LogP contribution in [0, 0.1) is 0 Å². The highest BCUT2D eigenvalue weighted by Gasteiger charge is 2.04. The summed E-state index contributed by atoms with van der Waals surface area (Å²) in [6.45, 7) is 0.698. The van der Waals surface area contributed by atoms with Crippen LogP contribution in [-0.2, 0) is 6.54 Å². The third kappa shape index (κ3) is 4.50. The van der Waals surface area contributed by atoms with Crippen LogP contribution in [0.3, 0.4) is 0 Å². The van der Waals surface area contributed by atoms with Crippen LogP contribution < -0.4 is 9.47 Å². The molecule has 2 aromatic carbocycles. The van der Waals surface area contributed by atoms with Gasteiger partial charge in [0.15, 0.2) is 11.5 Å². The van der Waals surface area contributed by atoms with Crippen LogP contribution in [0.4, 0.5) is 0 Å². The number of hydrogen-bond donors (Lipinski definition) is 1. The Labute approximate surface area is 137 Å². The fraction of sp³-hybridized carbons (Fsp3) is 0.263. The number of hydrogen-bond acceptors (Lipinski definition) is 4. The molecule has 2 rings (SSSR count). The summed E-state index contributed by atoms with van der Waals surface area (Å²) in [6, 6.07) is 11.4. The molecule has 0 aliphatic carbocycles. The second kappa shape index (κ2) is 7.70. The summed E-state index contributed by atoms with van der Waals surface area (Å²) in [5.41, 5.74) is 2.96. The van der Waals surface area contributed by atoms with Gasteiger partial charge >= 0.3 is 0 Å². The number of rotatable bonds is 6. The molecule has 0 aliphatic heterocycles. The van der Waals surface area contributed by atoms with Crippen LogP contribution in [0.5, 0.6) is 17.2 Å². The predicted molar refractivity (Wildman–Crippen MR) is 94.0 cm³/mol. The molecular weight excluding hydrogens is 290 g/mol. The van der Waals surface area contributed by atoms with Crippen molar-refractivity contribution in [2.24, 2.45) is 0 Å². The van der Waals surface area contributed by atoms with E-state index in [0.717, 1.165) is 16.7 Å². The van der Waals surface area contributed by atoms with E-state index in [-0.39, 0.29) is 0 Å². The maximum Gasteiger partial charge on any atom is 0.161 e. The molecule has 4 nitrogen and oxygen atoms in total. The second-order valence-corrected chi connectivity index (χ2v) is 5.57. The SMILES string of the molecule is COc1ccc(C=Cc2ccc(O)c(CN(C)C)c2)cc1OC. The van der Waals surface area contributed by atoms with E-state index in [1.54, 1.807) is 20.3 Å². The molecule has 0 saturated carbocycles. The average molecular weight is 313 g/mol. The van der Waals surface area contributed by atoms with E-state index in [1.807, 2.05) is 61.5 Å². The zero-order chi connectivity index (χ0) is 16.8. The second-order valence-electron chi connectivity index (χ2n) is 5.57. The van der Waals surface area contributed by atoms with Crippen molar-refractivity contribution >= 4 is 12.2 Å². The molecule has 23 heavy (non-hydrogen) atoms. The van der Waals surface area contributed by atoms with Crippen molar-refractivity contribution in [3.8, 4) is 17.2 Å². The minimum atomic E-state index is 0.321. The van der Waals surface area contributed by atoms with Crippen molar-refractivity contribution in [2.45, 2.75) is 6.54 Å². The molecule has 0 unspecified atom stereocenters. The van der Waals surface area contributed by atoms with E-state index in [2.05, 4.69) is 0 Å². The lowest BCUT2D eigenvalue weighted by atomic mass is 10.1. The third-order valence-electron chi connectivity index (χ3n) is 3.47. The maximum absolute atomic E-state index is 9.91. The summed E-state index contributed by atoms with van der Waals surface area (Å²) in [5.74, 6) is 1.73. The maximum atomic E-state index is 9.91. The Morgan fingerprint density at radius 3 is 2.13 bits per heavy atom. The first kappa shape index (κ1) is 16.9. The number of phenols is 1. The lowest BCUT2D eigenvalue weighted by Crippen LogP contribution is -2.10. The van der Waals surface area contributed by atoms with Gasteiger partial charge < -0.3 is 19.5 Å². The fourth-order valence-electron chi connectivity index (χ4n) is 2.33. The van der Waals surface area contributed by atoms with Crippen molar-refractivity contribution < 1.29 is 14.6 Å². The van der Waals surface area contributed by atoms with Crippen LogP contribution in [-0.4, -0.2) is 38.3 Å². The molecule has 0 spiro atoms. The number of aromatic hydroxyl groups is 1. The molecule has 0 saturated heterocycles. The van der Waals surface area contributed by atoms with Crippen molar-refractivity contribution in [1.29, 1.82) is 0 Å². The van der Waals surface area contributed by atoms with Crippen LogP contribution in [0.1, 0.15) is 16.7 Å². The predicted octanol–water partition coefficient (Wildman–Crippen LogP) is 3.64. The van der Waals surface area contributed by atoms with Gasteiger partial charge in [-0.25, -0.2) is 0 Å². The first-order chi connectivity index (χ1) is 11.0. The van der Waals surface area contributed by atoms with E-state index >= 15 is 0 Å². The number of nitrogens with zero attached hydrogens (tertiary/aromatic N) is 1. The first-order valence-corrected chi connectivity index (χ1v) is 7.40. The Kier molecular flexibility index (Phi) is 5.66. The zero-order valence-corrected chi connectivity index (χ0v) is 14.0. The van der Waals surface area contributed by atoms with Crippen molar-refractivity contribution in [3.63, 3.8) is 0 Å². The molecule has 0 bridgehead atoms. The van der Waals surface area contributed by atoms with Gasteiger partial charge in [0, 0.05) is 12.1 Å². The van der Waals surface area contributed by atoms with E-state index in [1.165, 1.54) is 0 Å². The summed E-state index contributed by atoms with van der Waals surface area (Å²) in [6.07, 6.45) is 4.02. The average Bonchev–Trinajstić information content (AvgIpc) is 2.54. The van der Waals surface area contributed by atoms with E-state index in [0.29, 0.717) is 23.8 Å². The van der Waals surface area contributed by atoms with Crippen LogP contribution in [0.15, 0.2) is 36.4 Å². The highest BCUT2D eigenvalue weighted by Crippen LogP contribution is 2.28. The Morgan fingerprint density at radius 1 is 0.913 bits per heavy atom. The fourth-order valence-corrected chi connectivity index (χ4v) is 2.33. The number of methoxy groups -OCH3 is 2. The van der Waals surface area contributed by atoms with Gasteiger partial charge in [0.1, 0.15) is 5.75 Å². The van der Waals surface area contributed by atoms with Gasteiger partial charge in [0.25, 0.3) is 0 Å². The van der Waals surface area contributed by atoms with Gasteiger partial charge in [-0.1, -0.05) is 24.3 Å². The molecule has 0 radical (unpaired) electrons. The Balaban J connectivity index is 2.23. The molecule has 0 aliphatic rings. The summed E-state index contributed by atoms with van der Waals surface area (Å²) in [4.78, 5) is 2.02. The summed E-state index contributed by atoms with van der Waals surface area (Å²) in [7, 11) is 7.20. The summed E-state index contributed by atoms with van der Waals surface area (Å²) in [5, 5.41) is 9.91. The number of benzene rings is 2. The third-order valence-corrected chi connectivity index (χ3v) is 3.47. The summed E-state index contributed by atoms with van der Waals surface area (Å²) >= 11 is 0. The van der Waals surface area contributed by atoms with Crippen LogP contribution in [0.2, 0.25) is 0 Å². The molecular formula is C19H23NO3. The lowest BCUT2D eigenvalue weighted by Gasteiger charge is -2.11. The monoisotopic (exact) mass is 313 g/mol. The largest absolute Gasteiger partial charge is 0.508 e. The molecule has 122 valence electrons. The Morgan fingerprint density at radius 2 is 1.52 bits per heavy atom. The Hall–Kier alpha value is -2.46. The van der Waals surface area contributed by atoms with E-state index in [9.17, 15) is 5.11 Å². The molecule has 0 heterocycles. The van der Waals surface area contributed by atoms with Gasteiger partial charge in [-0.05, 0) is 49.5 Å². The van der Waals surface area contributed by atoms with Crippen molar-refractivity contribution in [3.05, 3.63) is 53.1 Å². The minimum absolute atomic E-state index is 0.321. The van der Waals surface area contributed by atoms with Gasteiger partial charge in [-0.15, -0.1) is 0 Å².